The second-order valence-corrected chi connectivity index (χ2v) is 7.87. The zero-order chi connectivity index (χ0) is 14.4. The van der Waals surface area contributed by atoms with Crippen LogP contribution in [0.15, 0.2) is 36.4 Å². The normalized spacial score (nSPS) is 31.5. The zero-order valence-corrected chi connectivity index (χ0v) is 13.0. The Balaban J connectivity index is 1.92. The van der Waals surface area contributed by atoms with Gasteiger partial charge >= 0.3 is 0 Å². The Labute approximate surface area is 129 Å². The van der Waals surface area contributed by atoms with Gasteiger partial charge in [0.2, 0.25) is 0 Å². The molecule has 0 amide bonds. The lowest BCUT2D eigenvalue weighted by atomic mass is 9.82. The number of fused-ring (bicyclic) bond motifs is 3. The molecule has 2 aliphatic rings. The minimum Gasteiger partial charge on any atom is -0.496 e. The van der Waals surface area contributed by atoms with Gasteiger partial charge in [0.15, 0.2) is 0 Å². The smallest absolute Gasteiger partial charge is 0.125 e. The number of rotatable bonds is 2. The first-order valence-corrected chi connectivity index (χ1v) is 8.58. The first kappa shape index (κ1) is 13.5. The minimum atomic E-state index is -0.747. The number of hydrogen-bond donors (Lipinski definition) is 1. The summed E-state index contributed by atoms with van der Waals surface area (Å²) in [6.07, 6.45) is 4.17. The molecule has 2 saturated heterocycles. The molecular weight excluding hydrogens is 280 g/mol. The maximum atomic E-state index is 11.4. The summed E-state index contributed by atoms with van der Waals surface area (Å²) in [4.78, 5) is 0. The Hall–Kier alpha value is -1.19. The van der Waals surface area contributed by atoms with Crippen LogP contribution in [0.25, 0.3) is 10.8 Å². The molecule has 0 radical (unpaired) electrons. The Bertz CT molecular complexity index is 670. The third-order valence-corrected chi connectivity index (χ3v) is 6.48. The van der Waals surface area contributed by atoms with Crippen molar-refractivity contribution < 1.29 is 9.84 Å². The second kappa shape index (κ2) is 4.92. The molecule has 2 nitrogen and oxygen atoms in total. The first-order chi connectivity index (χ1) is 10.2. The number of aliphatic hydroxyl groups is 1. The van der Waals surface area contributed by atoms with Crippen LogP contribution in [0, 0.1) is 0 Å². The molecule has 0 aromatic heterocycles. The van der Waals surface area contributed by atoms with Crippen molar-refractivity contribution in [3.63, 3.8) is 0 Å². The second-order valence-electron chi connectivity index (χ2n) is 6.26. The van der Waals surface area contributed by atoms with Crippen LogP contribution in [0.3, 0.4) is 0 Å². The summed E-state index contributed by atoms with van der Waals surface area (Å²) in [5.74, 6) is 0.822. The molecule has 2 aromatic rings. The fraction of sp³-hybridized carbons (Fsp3) is 0.444. The van der Waals surface area contributed by atoms with Crippen molar-refractivity contribution in [1.29, 1.82) is 0 Å². The van der Waals surface area contributed by atoms with Crippen molar-refractivity contribution in [3.8, 4) is 5.75 Å². The van der Waals surface area contributed by atoms with Gasteiger partial charge in [-0.05, 0) is 42.5 Å². The SMILES string of the molecule is COc1ccc2ccccc2c1C1(O)CC2CCC(C1)S2. The molecule has 2 unspecified atom stereocenters. The van der Waals surface area contributed by atoms with E-state index in [9.17, 15) is 5.11 Å². The van der Waals surface area contributed by atoms with Crippen molar-refractivity contribution >= 4 is 22.5 Å². The molecule has 21 heavy (non-hydrogen) atoms. The predicted octanol–water partition coefficient (Wildman–Crippen LogP) is 4.09. The van der Waals surface area contributed by atoms with E-state index in [-0.39, 0.29) is 0 Å². The molecule has 0 aliphatic carbocycles. The standard InChI is InChI=1S/C18H20O2S/c1-20-16-9-6-12-4-2-3-5-15(12)17(16)18(19)10-13-7-8-14(11-18)21-13/h2-6,9,13-14,19H,7-8,10-11H2,1H3. The predicted molar refractivity (Wildman–Crippen MR) is 88.0 cm³/mol. The van der Waals surface area contributed by atoms with Crippen molar-refractivity contribution in [2.75, 3.05) is 7.11 Å². The highest BCUT2D eigenvalue weighted by Crippen LogP contribution is 2.53. The van der Waals surface area contributed by atoms with E-state index in [4.69, 9.17) is 4.74 Å². The molecular formula is C18H20O2S. The molecule has 2 heterocycles. The molecule has 2 aromatic carbocycles. The number of ether oxygens (including phenoxy) is 1. The Kier molecular flexibility index (Phi) is 3.16. The van der Waals surface area contributed by atoms with E-state index in [1.807, 2.05) is 18.2 Å². The molecule has 3 heteroatoms. The number of thioether (sulfide) groups is 1. The fourth-order valence-corrected chi connectivity index (χ4v) is 5.86. The lowest BCUT2D eigenvalue weighted by Crippen LogP contribution is -2.35. The van der Waals surface area contributed by atoms with Crippen molar-refractivity contribution in [2.24, 2.45) is 0 Å². The monoisotopic (exact) mass is 300 g/mol. The number of methoxy groups -OCH3 is 1. The van der Waals surface area contributed by atoms with Gasteiger partial charge in [0.25, 0.3) is 0 Å². The van der Waals surface area contributed by atoms with Gasteiger partial charge in [0.05, 0.1) is 12.7 Å². The molecule has 110 valence electrons. The summed E-state index contributed by atoms with van der Waals surface area (Å²) in [5.41, 5.74) is 0.254. The summed E-state index contributed by atoms with van der Waals surface area (Å²) in [5, 5.41) is 14.9. The average Bonchev–Trinajstić information content (AvgIpc) is 2.85. The quantitative estimate of drug-likeness (QED) is 0.905. The van der Waals surface area contributed by atoms with E-state index in [1.54, 1.807) is 7.11 Å². The maximum Gasteiger partial charge on any atom is 0.125 e. The van der Waals surface area contributed by atoms with Crippen molar-refractivity contribution in [3.05, 3.63) is 42.0 Å². The van der Waals surface area contributed by atoms with E-state index in [0.29, 0.717) is 10.5 Å². The van der Waals surface area contributed by atoms with E-state index >= 15 is 0 Å². The number of hydrogen-bond acceptors (Lipinski definition) is 3. The van der Waals surface area contributed by atoms with E-state index < -0.39 is 5.60 Å². The Morgan fingerprint density at radius 3 is 2.52 bits per heavy atom. The molecule has 2 fully saturated rings. The van der Waals surface area contributed by atoms with E-state index in [0.717, 1.165) is 29.5 Å². The number of benzene rings is 2. The Morgan fingerprint density at radius 2 is 1.81 bits per heavy atom. The first-order valence-electron chi connectivity index (χ1n) is 7.64. The summed E-state index contributed by atoms with van der Waals surface area (Å²) >= 11 is 2.07. The van der Waals surface area contributed by atoms with Gasteiger partial charge in [-0.25, -0.2) is 0 Å². The zero-order valence-electron chi connectivity index (χ0n) is 12.2. The van der Waals surface area contributed by atoms with Crippen LogP contribution in [0.5, 0.6) is 5.75 Å². The van der Waals surface area contributed by atoms with Crippen molar-refractivity contribution in [2.45, 2.75) is 41.8 Å². The molecule has 2 atom stereocenters. The van der Waals surface area contributed by atoms with Crippen LogP contribution in [0.1, 0.15) is 31.2 Å². The van der Waals surface area contributed by atoms with Gasteiger partial charge in [-0.2, -0.15) is 11.8 Å². The van der Waals surface area contributed by atoms with Gasteiger partial charge < -0.3 is 9.84 Å². The van der Waals surface area contributed by atoms with Gasteiger partial charge in [0, 0.05) is 16.1 Å². The molecule has 4 rings (SSSR count). The van der Waals surface area contributed by atoms with Crippen LogP contribution >= 0.6 is 11.8 Å². The van der Waals surface area contributed by atoms with Gasteiger partial charge in [-0.15, -0.1) is 0 Å². The Morgan fingerprint density at radius 1 is 1.10 bits per heavy atom. The largest absolute Gasteiger partial charge is 0.496 e. The summed E-state index contributed by atoms with van der Waals surface area (Å²) in [6.45, 7) is 0. The lowest BCUT2D eigenvalue weighted by Gasteiger charge is -2.37. The third-order valence-electron chi connectivity index (χ3n) is 4.90. The topological polar surface area (TPSA) is 29.5 Å². The highest BCUT2D eigenvalue weighted by Gasteiger charge is 2.46. The van der Waals surface area contributed by atoms with Crippen LogP contribution < -0.4 is 4.74 Å². The fourth-order valence-electron chi connectivity index (χ4n) is 4.02. The highest BCUT2D eigenvalue weighted by atomic mass is 32.2. The van der Waals surface area contributed by atoms with Gasteiger partial charge in [0.1, 0.15) is 5.75 Å². The van der Waals surface area contributed by atoms with Crippen LogP contribution in [-0.2, 0) is 5.60 Å². The lowest BCUT2D eigenvalue weighted by molar-refractivity contribution is 0.0190. The van der Waals surface area contributed by atoms with Crippen LogP contribution in [0.4, 0.5) is 0 Å². The molecule has 0 spiro atoms. The maximum absolute atomic E-state index is 11.4. The molecule has 0 saturated carbocycles. The van der Waals surface area contributed by atoms with E-state index in [2.05, 4.69) is 30.0 Å². The van der Waals surface area contributed by atoms with E-state index in [1.165, 1.54) is 18.2 Å². The van der Waals surface area contributed by atoms with Crippen LogP contribution in [0.2, 0.25) is 0 Å². The minimum absolute atomic E-state index is 0.595. The van der Waals surface area contributed by atoms with Crippen LogP contribution in [-0.4, -0.2) is 22.7 Å². The summed E-state index contributed by atoms with van der Waals surface area (Å²) in [7, 11) is 1.70. The summed E-state index contributed by atoms with van der Waals surface area (Å²) in [6, 6.07) is 12.4. The van der Waals surface area contributed by atoms with Gasteiger partial charge in [-0.3, -0.25) is 0 Å². The molecule has 2 bridgehead atoms. The molecule has 1 N–H and O–H groups in total. The third kappa shape index (κ3) is 2.14. The van der Waals surface area contributed by atoms with Crippen molar-refractivity contribution in [1.82, 2.24) is 0 Å². The summed E-state index contributed by atoms with van der Waals surface area (Å²) < 4.78 is 5.60. The van der Waals surface area contributed by atoms with Gasteiger partial charge in [-0.1, -0.05) is 30.3 Å². The molecule has 2 aliphatic heterocycles. The average molecular weight is 300 g/mol. The highest BCUT2D eigenvalue weighted by molar-refractivity contribution is 8.00.